The summed E-state index contributed by atoms with van der Waals surface area (Å²) < 4.78 is 32.0. The zero-order valence-electron chi connectivity index (χ0n) is 15.6. The van der Waals surface area contributed by atoms with Crippen LogP contribution in [0.4, 0.5) is 8.78 Å². The van der Waals surface area contributed by atoms with E-state index in [1.165, 1.54) is 12.1 Å². The SMILES string of the molecule is CN=C(NCCc1ccc(F)cc1F)NCC(C)(C)N1CCOCC1.I. The van der Waals surface area contributed by atoms with Crippen LogP contribution >= 0.6 is 24.0 Å². The Morgan fingerprint density at radius 2 is 1.92 bits per heavy atom. The molecule has 0 bridgehead atoms. The van der Waals surface area contributed by atoms with E-state index >= 15 is 0 Å². The van der Waals surface area contributed by atoms with Crippen LogP contribution in [0.15, 0.2) is 23.2 Å². The largest absolute Gasteiger partial charge is 0.379 e. The first-order chi connectivity index (χ1) is 11.9. The predicted molar refractivity (Wildman–Crippen MR) is 111 cm³/mol. The summed E-state index contributed by atoms with van der Waals surface area (Å²) in [6.45, 7) is 8.99. The summed E-state index contributed by atoms with van der Waals surface area (Å²) in [4.78, 5) is 6.59. The number of nitrogens with one attached hydrogen (secondary N) is 2. The van der Waals surface area contributed by atoms with Gasteiger partial charge in [-0.2, -0.15) is 0 Å². The molecule has 1 aromatic rings. The Balaban J connectivity index is 0.00000338. The molecule has 26 heavy (non-hydrogen) atoms. The summed E-state index contributed by atoms with van der Waals surface area (Å²) in [6.07, 6.45) is 0.458. The predicted octanol–water partition coefficient (Wildman–Crippen LogP) is 2.40. The molecule has 1 saturated heterocycles. The van der Waals surface area contributed by atoms with Gasteiger partial charge in [0.15, 0.2) is 5.96 Å². The molecule has 1 heterocycles. The van der Waals surface area contributed by atoms with E-state index in [-0.39, 0.29) is 29.5 Å². The van der Waals surface area contributed by atoms with Gasteiger partial charge in [0.2, 0.25) is 0 Å². The molecule has 1 aliphatic heterocycles. The third kappa shape index (κ3) is 6.96. The lowest BCUT2D eigenvalue weighted by Gasteiger charge is -2.41. The molecule has 5 nitrogen and oxygen atoms in total. The Morgan fingerprint density at radius 3 is 2.54 bits per heavy atom. The normalized spacial score (nSPS) is 16.1. The van der Waals surface area contributed by atoms with Crippen molar-refractivity contribution in [2.24, 2.45) is 4.99 Å². The maximum atomic E-state index is 13.6. The second-order valence-electron chi connectivity index (χ2n) is 6.75. The zero-order chi connectivity index (χ0) is 18.3. The summed E-state index contributed by atoms with van der Waals surface area (Å²) in [5, 5.41) is 6.49. The molecule has 0 aliphatic carbocycles. The Hall–Kier alpha value is -1.00. The smallest absolute Gasteiger partial charge is 0.191 e. The van der Waals surface area contributed by atoms with Crippen molar-refractivity contribution in [2.75, 3.05) is 46.4 Å². The molecule has 1 aromatic carbocycles. The lowest BCUT2D eigenvalue weighted by Crippen LogP contribution is -2.56. The fourth-order valence-corrected chi connectivity index (χ4v) is 2.84. The van der Waals surface area contributed by atoms with Gasteiger partial charge in [0.25, 0.3) is 0 Å². The van der Waals surface area contributed by atoms with E-state index in [2.05, 4.69) is 34.4 Å². The molecule has 1 fully saturated rings. The van der Waals surface area contributed by atoms with Gasteiger partial charge in [-0.05, 0) is 31.9 Å². The molecule has 8 heteroatoms. The van der Waals surface area contributed by atoms with Crippen molar-refractivity contribution in [1.29, 1.82) is 0 Å². The van der Waals surface area contributed by atoms with Crippen molar-refractivity contribution in [3.8, 4) is 0 Å². The molecule has 0 spiro atoms. The van der Waals surface area contributed by atoms with Crippen LogP contribution in [0.25, 0.3) is 0 Å². The van der Waals surface area contributed by atoms with E-state index in [9.17, 15) is 8.78 Å². The van der Waals surface area contributed by atoms with Gasteiger partial charge in [-0.3, -0.25) is 9.89 Å². The van der Waals surface area contributed by atoms with Crippen LogP contribution in [0.3, 0.4) is 0 Å². The average Bonchev–Trinajstić information content (AvgIpc) is 2.60. The third-order valence-corrected chi connectivity index (χ3v) is 4.48. The summed E-state index contributed by atoms with van der Waals surface area (Å²) in [7, 11) is 1.70. The van der Waals surface area contributed by atoms with E-state index in [1.54, 1.807) is 7.05 Å². The monoisotopic (exact) mass is 482 g/mol. The number of hydrogen-bond acceptors (Lipinski definition) is 3. The number of ether oxygens (including phenoxy) is 1. The first-order valence-electron chi connectivity index (χ1n) is 8.63. The van der Waals surface area contributed by atoms with Crippen LogP contribution < -0.4 is 10.6 Å². The van der Waals surface area contributed by atoms with Crippen molar-refractivity contribution < 1.29 is 13.5 Å². The molecular formula is C18H29F2IN4O. The highest BCUT2D eigenvalue weighted by Crippen LogP contribution is 2.15. The molecule has 0 aromatic heterocycles. The number of benzene rings is 1. The summed E-state index contributed by atoms with van der Waals surface area (Å²) in [5.41, 5.74) is 0.461. The molecule has 148 valence electrons. The van der Waals surface area contributed by atoms with E-state index in [4.69, 9.17) is 4.74 Å². The van der Waals surface area contributed by atoms with Gasteiger partial charge >= 0.3 is 0 Å². The first kappa shape index (κ1) is 23.0. The van der Waals surface area contributed by atoms with Gasteiger partial charge in [0.05, 0.1) is 13.2 Å². The number of nitrogens with zero attached hydrogens (tertiary/aromatic N) is 2. The van der Waals surface area contributed by atoms with Gasteiger partial charge in [0.1, 0.15) is 11.6 Å². The quantitative estimate of drug-likeness (QED) is 0.372. The van der Waals surface area contributed by atoms with Crippen molar-refractivity contribution in [2.45, 2.75) is 25.8 Å². The summed E-state index contributed by atoms with van der Waals surface area (Å²) in [5.74, 6) is -0.404. The Morgan fingerprint density at radius 1 is 1.23 bits per heavy atom. The van der Waals surface area contributed by atoms with Crippen LogP contribution in [0.1, 0.15) is 19.4 Å². The minimum absolute atomic E-state index is 0. The van der Waals surface area contributed by atoms with Crippen LogP contribution in [0, 0.1) is 11.6 Å². The number of guanidine groups is 1. The van der Waals surface area contributed by atoms with E-state index in [1.807, 2.05) is 0 Å². The van der Waals surface area contributed by atoms with Crippen molar-refractivity contribution >= 4 is 29.9 Å². The minimum Gasteiger partial charge on any atom is -0.379 e. The maximum absolute atomic E-state index is 13.6. The minimum atomic E-state index is -0.558. The lowest BCUT2D eigenvalue weighted by atomic mass is 10.0. The van der Waals surface area contributed by atoms with Crippen LogP contribution in [0.5, 0.6) is 0 Å². The van der Waals surface area contributed by atoms with E-state index < -0.39 is 11.6 Å². The molecular weight excluding hydrogens is 453 g/mol. The second kappa shape index (κ2) is 11.0. The van der Waals surface area contributed by atoms with Gasteiger partial charge in [-0.1, -0.05) is 6.07 Å². The number of hydrogen-bond donors (Lipinski definition) is 2. The fraction of sp³-hybridized carbons (Fsp3) is 0.611. The average molecular weight is 482 g/mol. The summed E-state index contributed by atoms with van der Waals surface area (Å²) in [6, 6.07) is 3.66. The van der Waals surface area contributed by atoms with Gasteiger partial charge in [0, 0.05) is 44.8 Å². The highest BCUT2D eigenvalue weighted by atomic mass is 127. The van der Waals surface area contributed by atoms with Crippen LogP contribution in [-0.4, -0.2) is 62.8 Å². The Bertz CT molecular complexity index is 593. The molecule has 0 amide bonds. The highest BCUT2D eigenvalue weighted by Gasteiger charge is 2.28. The lowest BCUT2D eigenvalue weighted by molar-refractivity contribution is -0.00833. The van der Waals surface area contributed by atoms with Crippen LogP contribution in [-0.2, 0) is 11.2 Å². The fourth-order valence-electron chi connectivity index (χ4n) is 2.84. The molecule has 0 saturated carbocycles. The molecule has 0 atom stereocenters. The summed E-state index contributed by atoms with van der Waals surface area (Å²) >= 11 is 0. The topological polar surface area (TPSA) is 48.9 Å². The Kier molecular flexibility index (Phi) is 9.73. The molecule has 2 N–H and O–H groups in total. The molecule has 1 aliphatic rings. The first-order valence-corrected chi connectivity index (χ1v) is 8.63. The standard InChI is InChI=1S/C18H28F2N4O.HI/c1-18(2,24-8-10-25-11-9-24)13-23-17(21-3)22-7-6-14-4-5-15(19)12-16(14)20;/h4-5,12H,6-11,13H2,1-3H3,(H2,21,22,23);1H. The van der Waals surface area contributed by atoms with Gasteiger partial charge in [-0.15, -0.1) is 24.0 Å². The number of rotatable bonds is 6. The molecule has 0 unspecified atom stereocenters. The highest BCUT2D eigenvalue weighted by molar-refractivity contribution is 14.0. The van der Waals surface area contributed by atoms with Crippen molar-refractivity contribution in [3.63, 3.8) is 0 Å². The molecule has 0 radical (unpaired) electrons. The Labute approximate surface area is 171 Å². The maximum Gasteiger partial charge on any atom is 0.191 e. The molecule has 2 rings (SSSR count). The number of aliphatic imine (C=N–C) groups is 1. The van der Waals surface area contributed by atoms with E-state index in [0.717, 1.165) is 38.9 Å². The van der Waals surface area contributed by atoms with Crippen molar-refractivity contribution in [1.82, 2.24) is 15.5 Å². The van der Waals surface area contributed by atoms with E-state index in [0.29, 0.717) is 24.5 Å². The third-order valence-electron chi connectivity index (χ3n) is 4.48. The second-order valence-corrected chi connectivity index (χ2v) is 6.75. The van der Waals surface area contributed by atoms with Gasteiger partial charge < -0.3 is 15.4 Å². The van der Waals surface area contributed by atoms with Crippen molar-refractivity contribution in [3.05, 3.63) is 35.4 Å². The zero-order valence-corrected chi connectivity index (χ0v) is 18.0. The number of morpholine rings is 1. The van der Waals surface area contributed by atoms with Crippen LogP contribution in [0.2, 0.25) is 0 Å². The number of halogens is 3. The van der Waals surface area contributed by atoms with Gasteiger partial charge in [-0.25, -0.2) is 8.78 Å².